The molecule has 0 atom stereocenters. The number of aryl methyl sites for hydroxylation is 1. The quantitative estimate of drug-likeness (QED) is 0.821. The first-order chi connectivity index (χ1) is 7.99. The number of carboxylic acids is 1. The van der Waals surface area contributed by atoms with Crippen LogP contribution in [0.2, 0.25) is 0 Å². The maximum absolute atomic E-state index is 13.8. The van der Waals surface area contributed by atoms with Crippen LogP contribution in [-0.4, -0.2) is 28.6 Å². The largest absolute Gasteiger partial charge is 0.480 e. The zero-order valence-electron chi connectivity index (χ0n) is 9.16. The van der Waals surface area contributed by atoms with Crippen LogP contribution >= 0.6 is 0 Å². The topological polar surface area (TPSA) is 69.6 Å². The number of benzene rings is 1. The van der Waals surface area contributed by atoms with Gasteiger partial charge < -0.3 is 15.3 Å². The maximum atomic E-state index is 13.8. The minimum Gasteiger partial charge on any atom is -0.480 e. The molecular weight excluding hydrogens is 227 g/mol. The normalized spacial score (nSPS) is 14.2. The Bertz CT molecular complexity index is 502. The number of carboxylic acid groups (broad SMARTS) is 1. The van der Waals surface area contributed by atoms with Gasteiger partial charge in [-0.1, -0.05) is 6.07 Å². The molecule has 0 aliphatic carbocycles. The van der Waals surface area contributed by atoms with E-state index in [0.717, 1.165) is 4.90 Å². The lowest BCUT2D eigenvalue weighted by Gasteiger charge is -2.28. The third kappa shape index (κ3) is 2.06. The van der Waals surface area contributed by atoms with Gasteiger partial charge in [-0.25, -0.2) is 9.18 Å². The average molecular weight is 238 g/mol. The predicted octanol–water partition coefficient (Wildman–Crippen LogP) is 1.57. The van der Waals surface area contributed by atoms with Gasteiger partial charge in [-0.15, -0.1) is 0 Å². The molecule has 2 rings (SSSR count). The van der Waals surface area contributed by atoms with E-state index >= 15 is 0 Å². The summed E-state index contributed by atoms with van der Waals surface area (Å²) in [5, 5.41) is 11.1. The van der Waals surface area contributed by atoms with Crippen LogP contribution in [0.15, 0.2) is 12.1 Å². The number of urea groups is 1. The fourth-order valence-corrected chi connectivity index (χ4v) is 1.76. The molecule has 1 aliphatic heterocycles. The van der Waals surface area contributed by atoms with Gasteiger partial charge in [-0.3, -0.25) is 4.79 Å². The maximum Gasteiger partial charge on any atom is 0.323 e. The molecule has 6 heteroatoms. The number of aliphatic carboxylic acids is 1. The van der Waals surface area contributed by atoms with Gasteiger partial charge in [0.15, 0.2) is 0 Å². The number of rotatable bonds is 2. The van der Waals surface area contributed by atoms with Crippen molar-refractivity contribution < 1.29 is 19.1 Å². The summed E-state index contributed by atoms with van der Waals surface area (Å²) in [5.74, 6) is -1.53. The summed E-state index contributed by atoms with van der Waals surface area (Å²) in [6.45, 7) is 1.15. The van der Waals surface area contributed by atoms with E-state index in [1.165, 1.54) is 0 Å². The molecule has 0 unspecified atom stereocenters. The van der Waals surface area contributed by atoms with Gasteiger partial charge in [-0.2, -0.15) is 0 Å². The Morgan fingerprint density at radius 2 is 2.29 bits per heavy atom. The van der Waals surface area contributed by atoms with Gasteiger partial charge >= 0.3 is 12.0 Å². The lowest BCUT2D eigenvalue weighted by atomic mass is 10.1. The highest BCUT2D eigenvalue weighted by atomic mass is 19.1. The first-order valence-corrected chi connectivity index (χ1v) is 5.04. The van der Waals surface area contributed by atoms with Crippen LogP contribution < -0.4 is 5.32 Å². The summed E-state index contributed by atoms with van der Waals surface area (Å²) in [6, 6.07) is 2.66. The van der Waals surface area contributed by atoms with Crippen LogP contribution in [-0.2, 0) is 11.3 Å². The standard InChI is InChI=1S/C11H11FN2O3/c1-6-2-3-8-7(10(6)12)4-14(5-9(15)16)11(17)13-8/h2-3H,4-5H2,1H3,(H,13,17)(H,15,16). The average Bonchev–Trinajstić information content (AvgIpc) is 2.25. The lowest BCUT2D eigenvalue weighted by Crippen LogP contribution is -2.42. The third-order valence-corrected chi connectivity index (χ3v) is 2.64. The second-order valence-corrected chi connectivity index (χ2v) is 3.90. The molecule has 1 aromatic rings. The molecule has 0 aromatic heterocycles. The van der Waals surface area contributed by atoms with Gasteiger partial charge in [0.2, 0.25) is 0 Å². The Balaban J connectivity index is 2.35. The van der Waals surface area contributed by atoms with Crippen molar-refractivity contribution >= 4 is 17.7 Å². The van der Waals surface area contributed by atoms with Crippen molar-refractivity contribution in [3.8, 4) is 0 Å². The number of carbonyl (C=O) groups is 2. The van der Waals surface area contributed by atoms with Crippen LogP contribution in [0.1, 0.15) is 11.1 Å². The molecule has 5 nitrogen and oxygen atoms in total. The highest BCUT2D eigenvalue weighted by Crippen LogP contribution is 2.27. The molecule has 1 aliphatic rings. The molecule has 0 fully saturated rings. The predicted molar refractivity (Wildman–Crippen MR) is 58.2 cm³/mol. The monoisotopic (exact) mass is 238 g/mol. The number of hydrogen-bond acceptors (Lipinski definition) is 2. The summed E-state index contributed by atoms with van der Waals surface area (Å²) in [6.07, 6.45) is 0. The molecule has 1 aromatic carbocycles. The van der Waals surface area contributed by atoms with Crippen molar-refractivity contribution in [2.45, 2.75) is 13.5 Å². The molecule has 0 bridgehead atoms. The van der Waals surface area contributed by atoms with Crippen molar-refractivity contribution in [3.05, 3.63) is 29.1 Å². The molecule has 0 spiro atoms. The SMILES string of the molecule is Cc1ccc2c(c1F)CN(CC(=O)O)C(=O)N2. The van der Waals surface area contributed by atoms with Crippen LogP contribution in [0.4, 0.5) is 14.9 Å². The summed E-state index contributed by atoms with van der Waals surface area (Å²) in [5.41, 5.74) is 1.20. The zero-order valence-corrected chi connectivity index (χ0v) is 9.16. The van der Waals surface area contributed by atoms with Crippen molar-refractivity contribution in [1.82, 2.24) is 4.90 Å². The molecule has 0 saturated heterocycles. The fraction of sp³-hybridized carbons (Fsp3) is 0.273. The van der Waals surface area contributed by atoms with E-state index in [0.29, 0.717) is 16.8 Å². The van der Waals surface area contributed by atoms with Gasteiger partial charge in [0.1, 0.15) is 12.4 Å². The van der Waals surface area contributed by atoms with Crippen LogP contribution in [0, 0.1) is 12.7 Å². The molecule has 2 N–H and O–H groups in total. The van der Waals surface area contributed by atoms with Gasteiger partial charge in [0.05, 0.1) is 12.2 Å². The molecule has 90 valence electrons. The van der Waals surface area contributed by atoms with Crippen molar-refractivity contribution in [1.29, 1.82) is 0 Å². The van der Waals surface area contributed by atoms with Crippen molar-refractivity contribution in [2.75, 3.05) is 11.9 Å². The van der Waals surface area contributed by atoms with Crippen molar-refractivity contribution in [3.63, 3.8) is 0 Å². The minimum absolute atomic E-state index is 0.0268. The van der Waals surface area contributed by atoms with E-state index in [-0.39, 0.29) is 6.54 Å². The fourth-order valence-electron chi connectivity index (χ4n) is 1.76. The minimum atomic E-state index is -1.13. The second-order valence-electron chi connectivity index (χ2n) is 3.90. The van der Waals surface area contributed by atoms with Gasteiger partial charge in [-0.05, 0) is 18.6 Å². The van der Waals surface area contributed by atoms with E-state index in [2.05, 4.69) is 5.32 Å². The highest BCUT2D eigenvalue weighted by Gasteiger charge is 2.26. The zero-order chi connectivity index (χ0) is 12.6. The summed E-state index contributed by atoms with van der Waals surface area (Å²) < 4.78 is 13.8. The molecule has 17 heavy (non-hydrogen) atoms. The Labute approximate surface area is 96.8 Å². The number of hydrogen-bond donors (Lipinski definition) is 2. The Morgan fingerprint density at radius 1 is 1.59 bits per heavy atom. The molecular formula is C11H11FN2O3. The van der Waals surface area contributed by atoms with Crippen LogP contribution in [0.3, 0.4) is 0 Å². The Morgan fingerprint density at radius 3 is 2.94 bits per heavy atom. The van der Waals surface area contributed by atoms with Gasteiger partial charge in [0.25, 0.3) is 0 Å². The highest BCUT2D eigenvalue weighted by molar-refractivity contribution is 5.94. The van der Waals surface area contributed by atoms with E-state index < -0.39 is 24.4 Å². The number of carbonyl (C=O) groups excluding carboxylic acids is 1. The number of halogens is 1. The number of anilines is 1. The van der Waals surface area contributed by atoms with Gasteiger partial charge in [0, 0.05) is 5.56 Å². The molecule has 2 amide bonds. The van der Waals surface area contributed by atoms with E-state index in [9.17, 15) is 14.0 Å². The number of amides is 2. The summed E-state index contributed by atoms with van der Waals surface area (Å²) >= 11 is 0. The smallest absolute Gasteiger partial charge is 0.323 e. The first kappa shape index (κ1) is 11.4. The number of fused-ring (bicyclic) bond motifs is 1. The molecule has 0 saturated carbocycles. The Hall–Kier alpha value is -2.11. The molecule has 0 radical (unpaired) electrons. The lowest BCUT2D eigenvalue weighted by molar-refractivity contribution is -0.137. The van der Waals surface area contributed by atoms with Crippen LogP contribution in [0.25, 0.3) is 0 Å². The van der Waals surface area contributed by atoms with E-state index in [1.807, 2.05) is 0 Å². The summed E-state index contributed by atoms with van der Waals surface area (Å²) in [4.78, 5) is 23.1. The Kier molecular flexibility index (Phi) is 2.71. The van der Waals surface area contributed by atoms with Crippen LogP contribution in [0.5, 0.6) is 0 Å². The van der Waals surface area contributed by atoms with E-state index in [1.54, 1.807) is 19.1 Å². The van der Waals surface area contributed by atoms with E-state index in [4.69, 9.17) is 5.11 Å². The first-order valence-electron chi connectivity index (χ1n) is 5.04. The summed E-state index contributed by atoms with van der Waals surface area (Å²) in [7, 11) is 0. The number of nitrogens with zero attached hydrogens (tertiary/aromatic N) is 1. The molecule has 1 heterocycles. The second kappa shape index (κ2) is 4.04. The third-order valence-electron chi connectivity index (χ3n) is 2.64. The van der Waals surface area contributed by atoms with Crippen molar-refractivity contribution in [2.24, 2.45) is 0 Å². The number of nitrogens with one attached hydrogen (secondary N) is 1.